The minimum absolute atomic E-state index is 0.406. The maximum atomic E-state index is 5.92. The molecule has 96 valence electrons. The Morgan fingerprint density at radius 3 is 2.81 bits per heavy atom. The summed E-state index contributed by atoms with van der Waals surface area (Å²) in [6.45, 7) is 10.1. The van der Waals surface area contributed by atoms with Crippen LogP contribution in [0.3, 0.4) is 0 Å². The first-order chi connectivity index (χ1) is 7.59. The van der Waals surface area contributed by atoms with Crippen LogP contribution in [0, 0.1) is 0 Å². The first kappa shape index (κ1) is 14.7. The average Bonchev–Trinajstić information content (AvgIpc) is 2.23. The van der Waals surface area contributed by atoms with Gasteiger partial charge in [-0.15, -0.1) is 0 Å². The molecule has 0 bridgehead atoms. The minimum atomic E-state index is 0.406. The van der Waals surface area contributed by atoms with E-state index in [0.29, 0.717) is 10.8 Å². The normalized spacial score (nSPS) is 23.2. The third kappa shape index (κ3) is 4.86. The smallest absolute Gasteiger partial charge is 0.0231 e. The molecule has 16 heavy (non-hydrogen) atoms. The Bertz CT molecular complexity index is 197. The van der Waals surface area contributed by atoms with Crippen molar-refractivity contribution in [3.05, 3.63) is 0 Å². The molecule has 2 N–H and O–H groups in total. The van der Waals surface area contributed by atoms with Crippen molar-refractivity contribution in [1.29, 1.82) is 0 Å². The third-order valence-corrected chi connectivity index (χ3v) is 5.27. The molecule has 1 aliphatic heterocycles. The molecule has 0 aromatic carbocycles. The van der Waals surface area contributed by atoms with E-state index in [-0.39, 0.29) is 0 Å². The largest absolute Gasteiger partial charge is 0.329 e. The van der Waals surface area contributed by atoms with Crippen molar-refractivity contribution < 1.29 is 0 Å². The molecule has 4 heteroatoms. The van der Waals surface area contributed by atoms with E-state index in [9.17, 15) is 0 Å². The molecule has 1 unspecified atom stereocenters. The fraction of sp³-hybridized carbons (Fsp3) is 1.00. The zero-order valence-electron chi connectivity index (χ0n) is 10.9. The van der Waals surface area contributed by atoms with Gasteiger partial charge in [0.05, 0.1) is 0 Å². The second-order valence-electron chi connectivity index (χ2n) is 4.95. The van der Waals surface area contributed by atoms with Crippen molar-refractivity contribution in [2.75, 3.05) is 36.9 Å². The van der Waals surface area contributed by atoms with Crippen LogP contribution in [0.1, 0.15) is 27.2 Å². The molecule has 1 atom stereocenters. The molecule has 1 rings (SSSR count). The molecule has 1 aliphatic rings. The summed E-state index contributed by atoms with van der Waals surface area (Å²) >= 11 is 4.12. The van der Waals surface area contributed by atoms with Crippen LogP contribution in [0.25, 0.3) is 0 Å². The summed E-state index contributed by atoms with van der Waals surface area (Å²) in [6.07, 6.45) is 1.25. The highest BCUT2D eigenvalue weighted by Crippen LogP contribution is 2.30. The second-order valence-corrected chi connectivity index (χ2v) is 8.15. The van der Waals surface area contributed by atoms with Gasteiger partial charge in [-0.25, -0.2) is 0 Å². The van der Waals surface area contributed by atoms with Crippen LogP contribution in [0.4, 0.5) is 0 Å². The van der Waals surface area contributed by atoms with Crippen molar-refractivity contribution in [3.63, 3.8) is 0 Å². The summed E-state index contributed by atoms with van der Waals surface area (Å²) in [5.74, 6) is 3.73. The van der Waals surface area contributed by atoms with Gasteiger partial charge in [0.25, 0.3) is 0 Å². The van der Waals surface area contributed by atoms with Gasteiger partial charge in [-0.3, -0.25) is 4.90 Å². The number of rotatable bonds is 6. The van der Waals surface area contributed by atoms with E-state index < -0.39 is 0 Å². The zero-order valence-corrected chi connectivity index (χ0v) is 12.5. The second kappa shape index (κ2) is 7.14. The lowest BCUT2D eigenvalue weighted by Gasteiger charge is -2.41. The van der Waals surface area contributed by atoms with Crippen molar-refractivity contribution in [1.82, 2.24) is 4.90 Å². The zero-order chi connectivity index (χ0) is 12.0. The Morgan fingerprint density at radius 2 is 2.25 bits per heavy atom. The summed E-state index contributed by atoms with van der Waals surface area (Å²) in [7, 11) is 0. The van der Waals surface area contributed by atoms with E-state index >= 15 is 0 Å². The highest BCUT2D eigenvalue weighted by atomic mass is 32.2. The Labute approximate surface area is 109 Å². The molecule has 1 saturated heterocycles. The van der Waals surface area contributed by atoms with Crippen molar-refractivity contribution in [2.24, 2.45) is 5.73 Å². The number of hydrogen-bond donors (Lipinski definition) is 1. The Kier molecular flexibility index (Phi) is 6.55. The van der Waals surface area contributed by atoms with Gasteiger partial charge >= 0.3 is 0 Å². The first-order valence-electron chi connectivity index (χ1n) is 6.25. The van der Waals surface area contributed by atoms with E-state index in [1.807, 2.05) is 11.8 Å². The highest BCUT2D eigenvalue weighted by Gasteiger charge is 2.30. The standard InChI is InChI=1S/C12H26N2S2/c1-4-15-7-5-11(9-13)14-6-8-16-12(2,3)10-14/h11H,4-10,13H2,1-3H3. The molecule has 2 nitrogen and oxygen atoms in total. The van der Waals surface area contributed by atoms with Crippen LogP contribution in [0.15, 0.2) is 0 Å². The molecule has 0 saturated carbocycles. The van der Waals surface area contributed by atoms with Gasteiger partial charge in [-0.05, 0) is 31.8 Å². The summed E-state index contributed by atoms with van der Waals surface area (Å²) in [6, 6.07) is 0.597. The van der Waals surface area contributed by atoms with Crippen LogP contribution in [0.5, 0.6) is 0 Å². The van der Waals surface area contributed by atoms with Crippen LogP contribution >= 0.6 is 23.5 Å². The monoisotopic (exact) mass is 262 g/mol. The maximum Gasteiger partial charge on any atom is 0.0231 e. The molecule has 0 amide bonds. The number of nitrogens with zero attached hydrogens (tertiary/aromatic N) is 1. The fourth-order valence-corrected chi connectivity index (χ4v) is 4.04. The van der Waals surface area contributed by atoms with Crippen molar-refractivity contribution in [3.8, 4) is 0 Å². The molecule has 0 radical (unpaired) electrons. The maximum absolute atomic E-state index is 5.92. The molecule has 0 aliphatic carbocycles. The molecule has 0 aromatic rings. The van der Waals surface area contributed by atoms with E-state index in [1.165, 1.54) is 36.8 Å². The van der Waals surface area contributed by atoms with Gasteiger partial charge < -0.3 is 5.73 Å². The Hall–Kier alpha value is 0.620. The quantitative estimate of drug-likeness (QED) is 0.744. The van der Waals surface area contributed by atoms with Gasteiger partial charge in [0.1, 0.15) is 0 Å². The first-order valence-corrected chi connectivity index (χ1v) is 8.39. The van der Waals surface area contributed by atoms with E-state index in [4.69, 9.17) is 5.73 Å². The van der Waals surface area contributed by atoms with Crippen LogP contribution in [-0.4, -0.2) is 52.6 Å². The van der Waals surface area contributed by atoms with Crippen LogP contribution < -0.4 is 5.73 Å². The Balaban J connectivity index is 2.39. The third-order valence-electron chi connectivity index (χ3n) is 3.04. The van der Waals surface area contributed by atoms with Gasteiger partial charge in [-0.1, -0.05) is 6.92 Å². The van der Waals surface area contributed by atoms with Crippen molar-refractivity contribution in [2.45, 2.75) is 38.0 Å². The minimum Gasteiger partial charge on any atom is -0.329 e. The van der Waals surface area contributed by atoms with Gasteiger partial charge in [0.15, 0.2) is 0 Å². The van der Waals surface area contributed by atoms with Crippen LogP contribution in [-0.2, 0) is 0 Å². The van der Waals surface area contributed by atoms with Gasteiger partial charge in [0.2, 0.25) is 0 Å². The van der Waals surface area contributed by atoms with Gasteiger partial charge in [-0.2, -0.15) is 23.5 Å². The Morgan fingerprint density at radius 1 is 1.50 bits per heavy atom. The lowest BCUT2D eigenvalue weighted by Crippen LogP contribution is -2.50. The van der Waals surface area contributed by atoms with Gasteiger partial charge in [0, 0.05) is 36.2 Å². The SMILES string of the molecule is CCSCCC(CN)N1CCSC(C)(C)C1. The number of hydrogen-bond acceptors (Lipinski definition) is 4. The molecular formula is C12H26N2S2. The molecule has 1 heterocycles. The number of nitrogens with two attached hydrogens (primary N) is 1. The summed E-state index contributed by atoms with van der Waals surface area (Å²) in [5.41, 5.74) is 5.92. The summed E-state index contributed by atoms with van der Waals surface area (Å²) in [5, 5.41) is 0. The predicted octanol–water partition coefficient (Wildman–Crippen LogP) is 2.28. The van der Waals surface area contributed by atoms with Crippen LogP contribution in [0.2, 0.25) is 0 Å². The van der Waals surface area contributed by atoms with E-state index in [1.54, 1.807) is 0 Å². The van der Waals surface area contributed by atoms with E-state index in [2.05, 4.69) is 37.4 Å². The van der Waals surface area contributed by atoms with E-state index in [0.717, 1.165) is 6.54 Å². The average molecular weight is 262 g/mol. The molecule has 0 spiro atoms. The molecule has 0 aromatic heterocycles. The lowest BCUT2D eigenvalue weighted by molar-refractivity contribution is 0.187. The number of thioether (sulfide) groups is 2. The summed E-state index contributed by atoms with van der Waals surface area (Å²) in [4.78, 5) is 2.60. The summed E-state index contributed by atoms with van der Waals surface area (Å²) < 4.78 is 0.406. The highest BCUT2D eigenvalue weighted by molar-refractivity contribution is 8.00. The topological polar surface area (TPSA) is 29.3 Å². The van der Waals surface area contributed by atoms with Crippen molar-refractivity contribution >= 4 is 23.5 Å². The predicted molar refractivity (Wildman–Crippen MR) is 78.6 cm³/mol. The fourth-order valence-electron chi connectivity index (χ4n) is 2.18. The lowest BCUT2D eigenvalue weighted by atomic mass is 10.1. The molecule has 1 fully saturated rings. The molecular weight excluding hydrogens is 236 g/mol.